The van der Waals surface area contributed by atoms with Gasteiger partial charge in [0.1, 0.15) is 17.4 Å². The van der Waals surface area contributed by atoms with Crippen molar-refractivity contribution >= 4 is 11.8 Å². The van der Waals surface area contributed by atoms with Gasteiger partial charge in [0.15, 0.2) is 0 Å². The van der Waals surface area contributed by atoms with E-state index in [0.717, 1.165) is 4.90 Å². The Bertz CT molecular complexity index is 537. The minimum Gasteiger partial charge on any atom is -0.444 e. The Hall–Kier alpha value is -1.98. The standard InChI is InChI=1S/C13H17F2N3O3/c1-8-9(2)21-13(10(8)5-16)17-12(20)7-18(3-4-19)6-11(14)15/h11,19H,3-4,6-7H2,1-2H3,(H,17,20). The van der Waals surface area contributed by atoms with E-state index in [1.54, 1.807) is 13.8 Å². The number of aliphatic hydroxyl groups excluding tert-OH is 1. The maximum Gasteiger partial charge on any atom is 0.251 e. The molecular formula is C13H17F2N3O3. The lowest BCUT2D eigenvalue weighted by Gasteiger charge is -2.19. The Morgan fingerprint density at radius 2 is 2.19 bits per heavy atom. The van der Waals surface area contributed by atoms with Gasteiger partial charge >= 0.3 is 0 Å². The Kier molecular flexibility index (Phi) is 6.27. The number of rotatable bonds is 7. The predicted octanol–water partition coefficient (Wildman–Crippen LogP) is 1.27. The number of hydrogen-bond acceptors (Lipinski definition) is 5. The molecule has 0 atom stereocenters. The SMILES string of the molecule is Cc1oc(NC(=O)CN(CCO)CC(F)F)c(C#N)c1C. The fraction of sp³-hybridized carbons (Fsp3) is 0.538. The number of aryl methyl sites for hydroxylation is 1. The van der Waals surface area contributed by atoms with E-state index in [1.807, 2.05) is 6.07 Å². The highest BCUT2D eigenvalue weighted by Gasteiger charge is 2.19. The number of aliphatic hydroxyl groups is 1. The van der Waals surface area contributed by atoms with E-state index in [4.69, 9.17) is 14.8 Å². The number of halogens is 2. The molecule has 0 aromatic carbocycles. The molecule has 1 amide bonds. The number of amides is 1. The van der Waals surface area contributed by atoms with Gasteiger partial charge in [0.05, 0.1) is 19.7 Å². The molecule has 0 spiro atoms. The van der Waals surface area contributed by atoms with E-state index in [-0.39, 0.29) is 31.1 Å². The van der Waals surface area contributed by atoms with E-state index in [9.17, 15) is 13.6 Å². The average molecular weight is 301 g/mol. The molecule has 1 heterocycles. The van der Waals surface area contributed by atoms with Crippen molar-refractivity contribution in [1.29, 1.82) is 5.26 Å². The van der Waals surface area contributed by atoms with Gasteiger partial charge in [-0.15, -0.1) is 0 Å². The highest BCUT2D eigenvalue weighted by Crippen LogP contribution is 2.25. The summed E-state index contributed by atoms with van der Waals surface area (Å²) < 4.78 is 29.9. The molecule has 1 aromatic rings. The first-order chi connectivity index (χ1) is 9.88. The van der Waals surface area contributed by atoms with Crippen LogP contribution in [0.1, 0.15) is 16.9 Å². The topological polar surface area (TPSA) is 89.5 Å². The molecule has 116 valence electrons. The summed E-state index contributed by atoms with van der Waals surface area (Å²) in [4.78, 5) is 12.9. The van der Waals surface area contributed by atoms with Crippen LogP contribution in [0.25, 0.3) is 0 Å². The summed E-state index contributed by atoms with van der Waals surface area (Å²) in [5.74, 6) is -0.0745. The summed E-state index contributed by atoms with van der Waals surface area (Å²) in [5, 5.41) is 20.2. The molecule has 6 nitrogen and oxygen atoms in total. The minimum absolute atomic E-state index is 0.0125. The van der Waals surface area contributed by atoms with Gasteiger partial charge in [-0.2, -0.15) is 5.26 Å². The number of nitrogens with one attached hydrogen (secondary N) is 1. The first-order valence-corrected chi connectivity index (χ1v) is 6.30. The van der Waals surface area contributed by atoms with Crippen molar-refractivity contribution < 1.29 is 23.1 Å². The van der Waals surface area contributed by atoms with Crippen LogP contribution in [0, 0.1) is 25.2 Å². The Balaban J connectivity index is 2.72. The molecule has 0 fully saturated rings. The number of anilines is 1. The highest BCUT2D eigenvalue weighted by atomic mass is 19.3. The molecule has 8 heteroatoms. The number of alkyl halides is 2. The molecule has 21 heavy (non-hydrogen) atoms. The summed E-state index contributed by atoms with van der Waals surface area (Å²) in [7, 11) is 0. The lowest BCUT2D eigenvalue weighted by molar-refractivity contribution is -0.117. The fourth-order valence-corrected chi connectivity index (χ4v) is 1.79. The molecule has 0 saturated heterocycles. The summed E-state index contributed by atoms with van der Waals surface area (Å²) in [6.45, 7) is 2.02. The van der Waals surface area contributed by atoms with Crippen molar-refractivity contribution in [2.75, 3.05) is 31.6 Å². The molecule has 1 rings (SSSR count). The van der Waals surface area contributed by atoms with E-state index < -0.39 is 18.9 Å². The predicted molar refractivity (Wildman–Crippen MR) is 71.1 cm³/mol. The number of furan rings is 1. The zero-order valence-electron chi connectivity index (χ0n) is 11.8. The molecule has 0 unspecified atom stereocenters. The van der Waals surface area contributed by atoms with Crippen LogP contribution in [0.2, 0.25) is 0 Å². The normalized spacial score (nSPS) is 11.0. The van der Waals surface area contributed by atoms with Crippen molar-refractivity contribution in [3.05, 3.63) is 16.9 Å². The van der Waals surface area contributed by atoms with Gasteiger partial charge in [-0.1, -0.05) is 0 Å². The number of carbonyl (C=O) groups is 1. The van der Waals surface area contributed by atoms with Crippen molar-refractivity contribution in [2.45, 2.75) is 20.3 Å². The summed E-state index contributed by atoms with van der Waals surface area (Å²) in [5.41, 5.74) is 0.830. The van der Waals surface area contributed by atoms with Crippen LogP contribution in [-0.2, 0) is 4.79 Å². The van der Waals surface area contributed by atoms with Crippen LogP contribution in [0.15, 0.2) is 4.42 Å². The van der Waals surface area contributed by atoms with E-state index in [0.29, 0.717) is 11.3 Å². The Morgan fingerprint density at radius 3 is 2.71 bits per heavy atom. The van der Waals surface area contributed by atoms with Gasteiger partial charge in [0.2, 0.25) is 11.8 Å². The highest BCUT2D eigenvalue weighted by molar-refractivity contribution is 5.92. The van der Waals surface area contributed by atoms with Crippen LogP contribution in [0.3, 0.4) is 0 Å². The average Bonchev–Trinajstić information content (AvgIpc) is 2.63. The van der Waals surface area contributed by atoms with Crippen molar-refractivity contribution in [2.24, 2.45) is 0 Å². The molecule has 2 N–H and O–H groups in total. The number of carbonyl (C=O) groups excluding carboxylic acids is 1. The number of hydrogen-bond donors (Lipinski definition) is 2. The second-order valence-electron chi connectivity index (χ2n) is 4.50. The molecule has 1 aromatic heterocycles. The van der Waals surface area contributed by atoms with Crippen LogP contribution in [0.5, 0.6) is 0 Å². The first-order valence-electron chi connectivity index (χ1n) is 6.30. The van der Waals surface area contributed by atoms with Crippen LogP contribution in [0.4, 0.5) is 14.7 Å². The maximum absolute atomic E-state index is 12.3. The third-order valence-electron chi connectivity index (χ3n) is 2.93. The smallest absolute Gasteiger partial charge is 0.251 e. The molecule has 0 aliphatic rings. The fourth-order valence-electron chi connectivity index (χ4n) is 1.79. The van der Waals surface area contributed by atoms with Gasteiger partial charge in [-0.25, -0.2) is 8.78 Å². The molecule has 0 aliphatic carbocycles. The summed E-state index contributed by atoms with van der Waals surface area (Å²) >= 11 is 0. The second-order valence-corrected chi connectivity index (χ2v) is 4.50. The third-order valence-corrected chi connectivity index (χ3v) is 2.93. The third kappa shape index (κ3) is 4.81. The van der Waals surface area contributed by atoms with E-state index >= 15 is 0 Å². The van der Waals surface area contributed by atoms with Gasteiger partial charge in [-0.3, -0.25) is 15.0 Å². The van der Waals surface area contributed by atoms with Crippen LogP contribution in [-0.4, -0.2) is 48.6 Å². The number of nitrogens with zero attached hydrogens (tertiary/aromatic N) is 2. The van der Waals surface area contributed by atoms with Gasteiger partial charge in [0.25, 0.3) is 6.43 Å². The zero-order chi connectivity index (χ0) is 16.0. The summed E-state index contributed by atoms with van der Waals surface area (Å²) in [6, 6.07) is 1.92. The van der Waals surface area contributed by atoms with Gasteiger partial charge in [0, 0.05) is 12.1 Å². The van der Waals surface area contributed by atoms with Crippen LogP contribution < -0.4 is 5.32 Å². The molecule has 0 radical (unpaired) electrons. The van der Waals surface area contributed by atoms with E-state index in [2.05, 4.69) is 5.32 Å². The van der Waals surface area contributed by atoms with Gasteiger partial charge < -0.3 is 9.52 Å². The van der Waals surface area contributed by atoms with Crippen molar-refractivity contribution in [3.8, 4) is 6.07 Å². The summed E-state index contributed by atoms with van der Waals surface area (Å²) in [6.07, 6.45) is -2.60. The Labute approximate surface area is 120 Å². The quantitative estimate of drug-likeness (QED) is 0.791. The lowest BCUT2D eigenvalue weighted by atomic mass is 10.2. The largest absolute Gasteiger partial charge is 0.444 e. The molecular weight excluding hydrogens is 284 g/mol. The second kappa shape index (κ2) is 7.71. The molecule has 0 bridgehead atoms. The van der Waals surface area contributed by atoms with Crippen LogP contribution >= 0.6 is 0 Å². The monoisotopic (exact) mass is 301 g/mol. The van der Waals surface area contributed by atoms with Crippen molar-refractivity contribution in [3.63, 3.8) is 0 Å². The molecule has 0 saturated carbocycles. The molecule has 0 aliphatic heterocycles. The maximum atomic E-state index is 12.3. The zero-order valence-corrected chi connectivity index (χ0v) is 11.8. The van der Waals surface area contributed by atoms with Crippen molar-refractivity contribution in [1.82, 2.24) is 4.90 Å². The van der Waals surface area contributed by atoms with Gasteiger partial charge in [-0.05, 0) is 13.8 Å². The lowest BCUT2D eigenvalue weighted by Crippen LogP contribution is -2.38. The van der Waals surface area contributed by atoms with E-state index in [1.165, 1.54) is 0 Å². The minimum atomic E-state index is -2.60. The Morgan fingerprint density at radius 1 is 1.52 bits per heavy atom. The number of nitriles is 1. The first kappa shape index (κ1) is 17.1.